The summed E-state index contributed by atoms with van der Waals surface area (Å²) in [5.41, 5.74) is 2.08. The van der Waals surface area contributed by atoms with Gasteiger partial charge in [0.15, 0.2) is 0 Å². The molecule has 2 heterocycles. The van der Waals surface area contributed by atoms with Crippen LogP contribution in [0.3, 0.4) is 0 Å². The third-order valence-corrected chi connectivity index (χ3v) is 3.98. The molecule has 2 fully saturated rings. The predicted octanol–water partition coefficient (Wildman–Crippen LogP) is 1.68. The van der Waals surface area contributed by atoms with Crippen molar-refractivity contribution in [2.75, 3.05) is 31.5 Å². The number of rotatable bonds is 1. The number of anilines is 1. The number of carbonyl (C=O) groups is 1. The second kappa shape index (κ2) is 4.61. The molecule has 0 radical (unpaired) electrons. The minimum atomic E-state index is 0.0354. The molecule has 2 aliphatic heterocycles. The fourth-order valence-corrected chi connectivity index (χ4v) is 2.86. The van der Waals surface area contributed by atoms with E-state index in [9.17, 15) is 4.79 Å². The van der Waals surface area contributed by atoms with Gasteiger partial charge in [0.05, 0.1) is 0 Å². The summed E-state index contributed by atoms with van der Waals surface area (Å²) in [6.45, 7) is 5.92. The van der Waals surface area contributed by atoms with E-state index in [1.54, 1.807) is 0 Å². The predicted molar refractivity (Wildman–Crippen MR) is 71.6 cm³/mol. The number of nitrogens with one attached hydrogen (secondary N) is 2. The molecule has 18 heavy (non-hydrogen) atoms. The van der Waals surface area contributed by atoms with Crippen molar-refractivity contribution >= 4 is 11.7 Å². The fourth-order valence-electron chi connectivity index (χ4n) is 2.86. The van der Waals surface area contributed by atoms with E-state index >= 15 is 0 Å². The fraction of sp³-hybridized carbons (Fsp3) is 0.500. The molecule has 0 aliphatic carbocycles. The van der Waals surface area contributed by atoms with E-state index in [4.69, 9.17) is 0 Å². The quantitative estimate of drug-likeness (QED) is 0.790. The molecule has 4 heteroatoms. The summed E-state index contributed by atoms with van der Waals surface area (Å²) in [7, 11) is 0. The van der Waals surface area contributed by atoms with Crippen LogP contribution in [-0.2, 0) is 0 Å². The molecule has 2 unspecified atom stereocenters. The number of hydrogen-bond acceptors (Lipinski definition) is 2. The summed E-state index contributed by atoms with van der Waals surface area (Å²) < 4.78 is 0. The Hall–Kier alpha value is -1.55. The van der Waals surface area contributed by atoms with Gasteiger partial charge < -0.3 is 15.5 Å². The van der Waals surface area contributed by atoms with Crippen molar-refractivity contribution in [3.8, 4) is 0 Å². The van der Waals surface area contributed by atoms with Crippen LogP contribution in [0.2, 0.25) is 0 Å². The number of fused-ring (bicyclic) bond motifs is 1. The molecule has 0 aromatic heterocycles. The molecule has 3 rings (SSSR count). The van der Waals surface area contributed by atoms with E-state index < -0.39 is 0 Å². The first-order valence-corrected chi connectivity index (χ1v) is 6.55. The normalized spacial score (nSPS) is 26.2. The lowest BCUT2D eigenvalue weighted by molar-refractivity contribution is 0.219. The van der Waals surface area contributed by atoms with E-state index in [1.807, 2.05) is 36.1 Å². The Morgan fingerprint density at radius 3 is 2.44 bits per heavy atom. The van der Waals surface area contributed by atoms with Crippen molar-refractivity contribution in [3.63, 3.8) is 0 Å². The second-order valence-electron chi connectivity index (χ2n) is 5.38. The molecule has 2 N–H and O–H groups in total. The summed E-state index contributed by atoms with van der Waals surface area (Å²) in [6.07, 6.45) is 0. The Balaban J connectivity index is 1.60. The summed E-state index contributed by atoms with van der Waals surface area (Å²) in [5.74, 6) is 1.29. The van der Waals surface area contributed by atoms with Gasteiger partial charge in [-0.05, 0) is 30.9 Å². The van der Waals surface area contributed by atoms with Gasteiger partial charge in [0.25, 0.3) is 0 Å². The van der Waals surface area contributed by atoms with Gasteiger partial charge in [-0.15, -0.1) is 0 Å². The standard InChI is InChI=1S/C14H19N3O/c1-10-2-4-13(5-3-10)16-14(18)17-8-11-6-15-7-12(11)9-17/h2-5,11-12,15H,6-9H2,1H3,(H,16,18). The molecule has 2 atom stereocenters. The van der Waals surface area contributed by atoms with Gasteiger partial charge in [-0.25, -0.2) is 4.79 Å². The van der Waals surface area contributed by atoms with E-state index in [0.717, 1.165) is 31.9 Å². The Kier molecular flexibility index (Phi) is 2.96. The second-order valence-corrected chi connectivity index (χ2v) is 5.38. The number of urea groups is 1. The first-order chi connectivity index (χ1) is 8.72. The van der Waals surface area contributed by atoms with Crippen LogP contribution in [0.4, 0.5) is 10.5 Å². The van der Waals surface area contributed by atoms with E-state index in [0.29, 0.717) is 11.8 Å². The van der Waals surface area contributed by atoms with Crippen LogP contribution >= 0.6 is 0 Å². The lowest BCUT2D eigenvalue weighted by Gasteiger charge is -2.18. The Morgan fingerprint density at radius 2 is 1.83 bits per heavy atom. The van der Waals surface area contributed by atoms with Crippen molar-refractivity contribution in [2.24, 2.45) is 11.8 Å². The van der Waals surface area contributed by atoms with Crippen LogP contribution in [-0.4, -0.2) is 37.1 Å². The molecule has 2 aliphatic rings. The molecule has 1 aromatic carbocycles. The average Bonchev–Trinajstić information content (AvgIpc) is 2.92. The van der Waals surface area contributed by atoms with Crippen LogP contribution < -0.4 is 10.6 Å². The number of aryl methyl sites for hydroxylation is 1. The van der Waals surface area contributed by atoms with Gasteiger partial charge in [-0.1, -0.05) is 17.7 Å². The number of likely N-dealkylation sites (tertiary alicyclic amines) is 1. The number of benzene rings is 1. The maximum Gasteiger partial charge on any atom is 0.321 e. The third-order valence-electron chi connectivity index (χ3n) is 3.98. The average molecular weight is 245 g/mol. The maximum absolute atomic E-state index is 12.1. The summed E-state index contributed by atoms with van der Waals surface area (Å²) in [5, 5.41) is 6.35. The molecular formula is C14H19N3O. The van der Waals surface area contributed by atoms with E-state index in [2.05, 4.69) is 10.6 Å². The molecule has 2 amide bonds. The van der Waals surface area contributed by atoms with Gasteiger partial charge in [0, 0.05) is 31.9 Å². The van der Waals surface area contributed by atoms with Crippen LogP contribution in [0.25, 0.3) is 0 Å². The first-order valence-electron chi connectivity index (χ1n) is 6.55. The highest BCUT2D eigenvalue weighted by Crippen LogP contribution is 2.26. The molecule has 1 aromatic rings. The maximum atomic E-state index is 12.1. The summed E-state index contributed by atoms with van der Waals surface area (Å²) in [4.78, 5) is 14.1. The SMILES string of the molecule is Cc1ccc(NC(=O)N2CC3CNCC3C2)cc1. The van der Waals surface area contributed by atoms with E-state index in [-0.39, 0.29) is 6.03 Å². The van der Waals surface area contributed by atoms with Crippen molar-refractivity contribution < 1.29 is 4.79 Å². The minimum absolute atomic E-state index is 0.0354. The molecular weight excluding hydrogens is 226 g/mol. The largest absolute Gasteiger partial charge is 0.324 e. The van der Waals surface area contributed by atoms with Gasteiger partial charge in [-0.3, -0.25) is 0 Å². The van der Waals surface area contributed by atoms with Crippen LogP contribution in [0.1, 0.15) is 5.56 Å². The molecule has 2 saturated heterocycles. The summed E-state index contributed by atoms with van der Waals surface area (Å²) in [6, 6.07) is 7.96. The van der Waals surface area contributed by atoms with Crippen LogP contribution in [0, 0.1) is 18.8 Å². The Bertz CT molecular complexity index is 431. The number of amides is 2. The first kappa shape index (κ1) is 11.5. The van der Waals surface area contributed by atoms with Gasteiger partial charge in [0.2, 0.25) is 0 Å². The highest BCUT2D eigenvalue weighted by molar-refractivity contribution is 5.89. The molecule has 0 bridgehead atoms. The monoisotopic (exact) mass is 245 g/mol. The van der Waals surface area contributed by atoms with Crippen molar-refractivity contribution in [1.29, 1.82) is 0 Å². The highest BCUT2D eigenvalue weighted by Gasteiger charge is 2.37. The van der Waals surface area contributed by atoms with Gasteiger partial charge in [0.1, 0.15) is 0 Å². The number of hydrogen-bond donors (Lipinski definition) is 2. The topological polar surface area (TPSA) is 44.4 Å². The third kappa shape index (κ3) is 2.20. The lowest BCUT2D eigenvalue weighted by Crippen LogP contribution is -2.35. The number of nitrogens with zero attached hydrogens (tertiary/aromatic N) is 1. The molecule has 4 nitrogen and oxygen atoms in total. The Morgan fingerprint density at radius 1 is 1.22 bits per heavy atom. The zero-order chi connectivity index (χ0) is 12.5. The molecule has 0 saturated carbocycles. The summed E-state index contributed by atoms with van der Waals surface area (Å²) >= 11 is 0. The van der Waals surface area contributed by atoms with Gasteiger partial charge >= 0.3 is 6.03 Å². The van der Waals surface area contributed by atoms with E-state index in [1.165, 1.54) is 5.56 Å². The van der Waals surface area contributed by atoms with Crippen LogP contribution in [0.5, 0.6) is 0 Å². The van der Waals surface area contributed by atoms with Gasteiger partial charge in [-0.2, -0.15) is 0 Å². The molecule has 96 valence electrons. The number of carbonyl (C=O) groups excluding carboxylic acids is 1. The van der Waals surface area contributed by atoms with Crippen molar-refractivity contribution in [1.82, 2.24) is 10.2 Å². The smallest absolute Gasteiger partial charge is 0.321 e. The zero-order valence-corrected chi connectivity index (χ0v) is 10.6. The molecule has 0 spiro atoms. The van der Waals surface area contributed by atoms with Crippen molar-refractivity contribution in [2.45, 2.75) is 6.92 Å². The minimum Gasteiger partial charge on any atom is -0.324 e. The van der Waals surface area contributed by atoms with Crippen molar-refractivity contribution in [3.05, 3.63) is 29.8 Å². The van der Waals surface area contributed by atoms with Crippen LogP contribution in [0.15, 0.2) is 24.3 Å². The highest BCUT2D eigenvalue weighted by atomic mass is 16.2. The lowest BCUT2D eigenvalue weighted by atomic mass is 10.0. The zero-order valence-electron chi connectivity index (χ0n) is 10.6. The Labute approximate surface area is 107 Å².